The largest absolute Gasteiger partial charge is 0.381 e. The van der Waals surface area contributed by atoms with Crippen LogP contribution in [0.25, 0.3) is 10.9 Å². The van der Waals surface area contributed by atoms with Crippen molar-refractivity contribution < 1.29 is 4.74 Å². The van der Waals surface area contributed by atoms with Crippen molar-refractivity contribution in [3.63, 3.8) is 0 Å². The Morgan fingerprint density at radius 1 is 0.840 bits per heavy atom. The van der Waals surface area contributed by atoms with Crippen molar-refractivity contribution in [3.05, 3.63) is 30.0 Å². The molecule has 2 rings (SSSR count). The maximum absolute atomic E-state index is 5.82. The highest BCUT2D eigenvalue weighted by Crippen LogP contribution is 2.18. The molecule has 0 aliphatic carbocycles. The Morgan fingerprint density at radius 2 is 1.52 bits per heavy atom. The number of hydrogen-bond acceptors (Lipinski definition) is 4. The van der Waals surface area contributed by atoms with Gasteiger partial charge in [-0.2, -0.15) is 0 Å². The van der Waals surface area contributed by atoms with Crippen molar-refractivity contribution in [1.29, 1.82) is 0 Å². The Bertz CT molecular complexity index is 615. The van der Waals surface area contributed by atoms with Crippen molar-refractivity contribution in [2.45, 2.75) is 71.1 Å². The number of aromatic nitrogens is 2. The minimum atomic E-state index is 0.371. The minimum Gasteiger partial charge on any atom is -0.381 e. The van der Waals surface area contributed by atoms with E-state index < -0.39 is 0 Å². The van der Waals surface area contributed by atoms with Gasteiger partial charge in [-0.05, 0) is 31.7 Å². The molecule has 1 aromatic heterocycles. The highest BCUT2D eigenvalue weighted by atomic mass is 16.5. The smallest absolute Gasteiger partial charge is 0.220 e. The first kappa shape index (κ1) is 19.6. The lowest BCUT2D eigenvalue weighted by Gasteiger charge is -2.07. The summed E-state index contributed by atoms with van der Waals surface area (Å²) in [4.78, 5) is 8.72. The number of nitrogens with two attached hydrogens (primary N) is 1. The normalized spacial score (nSPS) is 11.2. The van der Waals surface area contributed by atoms with Crippen LogP contribution in [0.15, 0.2) is 24.3 Å². The molecule has 1 heterocycles. The number of nitrogen functional groups attached to an aromatic ring is 1. The van der Waals surface area contributed by atoms with E-state index in [-0.39, 0.29) is 0 Å². The average Bonchev–Trinajstić information content (AvgIpc) is 2.62. The predicted octanol–water partition coefficient (Wildman–Crippen LogP) is 5.30. The summed E-state index contributed by atoms with van der Waals surface area (Å²) in [6.07, 6.45) is 12.3. The molecule has 2 aromatic rings. The van der Waals surface area contributed by atoms with Crippen LogP contribution >= 0.6 is 0 Å². The summed E-state index contributed by atoms with van der Waals surface area (Å²) in [5.41, 5.74) is 7.82. The number of fused-ring (bicyclic) bond motifs is 1. The third-order valence-corrected chi connectivity index (χ3v) is 4.54. The molecule has 0 radical (unpaired) electrons. The summed E-state index contributed by atoms with van der Waals surface area (Å²) in [6.45, 7) is 4.05. The van der Waals surface area contributed by atoms with E-state index in [1.165, 1.54) is 38.5 Å². The van der Waals surface area contributed by atoms with Crippen LogP contribution in [0.2, 0.25) is 0 Å². The van der Waals surface area contributed by atoms with Crippen molar-refractivity contribution in [2.24, 2.45) is 0 Å². The molecule has 0 spiro atoms. The van der Waals surface area contributed by atoms with Gasteiger partial charge in [-0.1, -0.05) is 63.6 Å². The summed E-state index contributed by atoms with van der Waals surface area (Å²) in [5.74, 6) is 0.371. The van der Waals surface area contributed by atoms with Gasteiger partial charge in [0.25, 0.3) is 0 Å². The molecule has 1 aromatic carbocycles. The molecule has 138 valence electrons. The summed E-state index contributed by atoms with van der Waals surface area (Å²) in [5, 5.41) is 1.12. The molecule has 0 atom stereocenters. The van der Waals surface area contributed by atoms with Gasteiger partial charge < -0.3 is 10.5 Å². The average molecular weight is 344 g/mol. The Balaban J connectivity index is 1.55. The predicted molar refractivity (Wildman–Crippen MR) is 106 cm³/mol. The fraction of sp³-hybridized carbons (Fsp3) is 0.619. The maximum Gasteiger partial charge on any atom is 0.220 e. The minimum absolute atomic E-state index is 0.371. The number of hydrogen-bond donors (Lipinski definition) is 1. The second-order valence-electron chi connectivity index (χ2n) is 6.74. The number of anilines is 1. The molecule has 0 saturated carbocycles. The monoisotopic (exact) mass is 343 g/mol. The lowest BCUT2D eigenvalue weighted by atomic mass is 10.1. The fourth-order valence-electron chi connectivity index (χ4n) is 3.11. The highest BCUT2D eigenvalue weighted by Gasteiger charge is 2.05. The number of para-hydroxylation sites is 1. The molecule has 0 amide bonds. The number of benzene rings is 1. The van der Waals surface area contributed by atoms with Crippen LogP contribution in [0.4, 0.5) is 5.95 Å². The summed E-state index contributed by atoms with van der Waals surface area (Å²) in [7, 11) is 0. The maximum atomic E-state index is 5.82. The van der Waals surface area contributed by atoms with Gasteiger partial charge in [-0.15, -0.1) is 0 Å². The molecular weight excluding hydrogens is 310 g/mol. The SMILES string of the molecule is CCCCCCCCOCCCCCc1nc(N)nc2ccccc12. The lowest BCUT2D eigenvalue weighted by molar-refractivity contribution is 0.126. The van der Waals surface area contributed by atoms with Crippen LogP contribution < -0.4 is 5.73 Å². The van der Waals surface area contributed by atoms with E-state index in [2.05, 4.69) is 23.0 Å². The molecule has 0 aliphatic rings. The number of unbranched alkanes of at least 4 members (excludes halogenated alkanes) is 7. The van der Waals surface area contributed by atoms with Crippen LogP contribution in [-0.4, -0.2) is 23.2 Å². The topological polar surface area (TPSA) is 61.0 Å². The second-order valence-corrected chi connectivity index (χ2v) is 6.74. The van der Waals surface area contributed by atoms with Gasteiger partial charge in [0, 0.05) is 18.6 Å². The third-order valence-electron chi connectivity index (χ3n) is 4.54. The van der Waals surface area contributed by atoms with Crippen LogP contribution in [0, 0.1) is 0 Å². The molecule has 0 aliphatic heterocycles. The first-order valence-electron chi connectivity index (χ1n) is 9.90. The van der Waals surface area contributed by atoms with Gasteiger partial charge in [0.2, 0.25) is 5.95 Å². The van der Waals surface area contributed by atoms with E-state index >= 15 is 0 Å². The van der Waals surface area contributed by atoms with Crippen molar-refractivity contribution in [2.75, 3.05) is 18.9 Å². The van der Waals surface area contributed by atoms with E-state index in [0.29, 0.717) is 5.95 Å². The van der Waals surface area contributed by atoms with Gasteiger partial charge in [0.1, 0.15) is 0 Å². The molecular formula is C21H33N3O. The van der Waals surface area contributed by atoms with Gasteiger partial charge in [-0.25, -0.2) is 9.97 Å². The van der Waals surface area contributed by atoms with E-state index in [0.717, 1.165) is 55.5 Å². The highest BCUT2D eigenvalue weighted by molar-refractivity contribution is 5.81. The number of rotatable bonds is 13. The fourth-order valence-corrected chi connectivity index (χ4v) is 3.11. The molecule has 4 heteroatoms. The van der Waals surface area contributed by atoms with Gasteiger partial charge in [-0.3, -0.25) is 0 Å². The lowest BCUT2D eigenvalue weighted by Crippen LogP contribution is -2.01. The third kappa shape index (κ3) is 7.39. The Kier molecular flexibility index (Phi) is 9.27. The van der Waals surface area contributed by atoms with Crippen LogP contribution in [0.1, 0.15) is 70.4 Å². The number of aryl methyl sites for hydroxylation is 1. The quantitative estimate of drug-likeness (QED) is 0.501. The van der Waals surface area contributed by atoms with Crippen LogP contribution in [0.3, 0.4) is 0 Å². The van der Waals surface area contributed by atoms with Gasteiger partial charge >= 0.3 is 0 Å². The Labute approximate surface area is 152 Å². The first-order chi connectivity index (χ1) is 12.3. The zero-order chi connectivity index (χ0) is 17.7. The molecule has 0 bridgehead atoms. The second kappa shape index (κ2) is 11.8. The van der Waals surface area contributed by atoms with E-state index in [1.807, 2.05) is 18.2 Å². The number of ether oxygens (including phenoxy) is 1. The Morgan fingerprint density at radius 3 is 2.32 bits per heavy atom. The zero-order valence-electron chi connectivity index (χ0n) is 15.7. The van der Waals surface area contributed by atoms with E-state index in [4.69, 9.17) is 10.5 Å². The Hall–Kier alpha value is -1.68. The molecule has 0 unspecified atom stereocenters. The van der Waals surface area contributed by atoms with Crippen molar-refractivity contribution in [1.82, 2.24) is 9.97 Å². The molecule has 2 N–H and O–H groups in total. The van der Waals surface area contributed by atoms with E-state index in [9.17, 15) is 0 Å². The first-order valence-corrected chi connectivity index (χ1v) is 9.90. The molecule has 4 nitrogen and oxygen atoms in total. The van der Waals surface area contributed by atoms with E-state index in [1.54, 1.807) is 0 Å². The van der Waals surface area contributed by atoms with Crippen LogP contribution in [-0.2, 0) is 11.2 Å². The molecule has 0 fully saturated rings. The van der Waals surface area contributed by atoms with Gasteiger partial charge in [0.05, 0.1) is 11.2 Å². The van der Waals surface area contributed by atoms with Crippen molar-refractivity contribution >= 4 is 16.9 Å². The van der Waals surface area contributed by atoms with Crippen molar-refractivity contribution in [3.8, 4) is 0 Å². The summed E-state index contributed by atoms with van der Waals surface area (Å²) < 4.78 is 5.74. The zero-order valence-corrected chi connectivity index (χ0v) is 15.7. The molecule has 0 saturated heterocycles. The summed E-state index contributed by atoms with van der Waals surface area (Å²) >= 11 is 0. The standard InChI is InChI=1S/C21H33N3O/c1-2-3-4-5-6-11-16-25-17-12-7-8-14-19-18-13-9-10-15-20(18)24-21(22)23-19/h9-10,13,15H,2-8,11-12,14,16-17H2,1H3,(H2,22,23,24). The number of nitrogens with zero attached hydrogens (tertiary/aromatic N) is 2. The summed E-state index contributed by atoms with van der Waals surface area (Å²) in [6, 6.07) is 8.09. The van der Waals surface area contributed by atoms with Crippen LogP contribution in [0.5, 0.6) is 0 Å². The molecule has 25 heavy (non-hydrogen) atoms. The van der Waals surface area contributed by atoms with Gasteiger partial charge in [0.15, 0.2) is 0 Å².